The van der Waals surface area contributed by atoms with E-state index in [0.29, 0.717) is 5.56 Å². The Hall–Kier alpha value is -3.65. The molecule has 1 N–H and O–H groups in total. The molecule has 0 fully saturated rings. The van der Waals surface area contributed by atoms with E-state index < -0.39 is 11.4 Å². The van der Waals surface area contributed by atoms with Gasteiger partial charge in [0.25, 0.3) is 0 Å². The molecule has 5 rings (SSSR count). The Balaban J connectivity index is 1.74. The molecular formula is C41H48O2. The number of hydrogen-bond donors (Lipinski definition) is 1. The van der Waals surface area contributed by atoms with Gasteiger partial charge in [-0.2, -0.15) is 0 Å². The lowest BCUT2D eigenvalue weighted by atomic mass is 9.66. The zero-order valence-corrected chi connectivity index (χ0v) is 26.9. The maximum absolute atomic E-state index is 12.8. The quantitative estimate of drug-likeness (QED) is 0.142. The van der Waals surface area contributed by atoms with E-state index in [9.17, 15) is 9.90 Å². The zero-order chi connectivity index (χ0) is 30.6. The van der Waals surface area contributed by atoms with E-state index in [1.165, 1.54) is 88.6 Å². The predicted octanol–water partition coefficient (Wildman–Crippen LogP) is 10.9. The molecule has 0 bridgehead atoms. The van der Waals surface area contributed by atoms with Crippen LogP contribution in [0.15, 0.2) is 72.8 Å². The zero-order valence-electron chi connectivity index (χ0n) is 26.9. The van der Waals surface area contributed by atoms with Crippen molar-refractivity contribution in [3.8, 4) is 11.1 Å². The van der Waals surface area contributed by atoms with Crippen LogP contribution in [0.2, 0.25) is 0 Å². The second-order valence-electron chi connectivity index (χ2n) is 12.8. The third kappa shape index (κ3) is 5.94. The number of aromatic carboxylic acids is 1. The Morgan fingerprint density at radius 1 is 0.605 bits per heavy atom. The molecule has 2 heteroatoms. The van der Waals surface area contributed by atoms with Crippen LogP contribution in [0, 0.1) is 20.8 Å². The minimum atomic E-state index is -0.840. The van der Waals surface area contributed by atoms with Crippen molar-refractivity contribution in [3.63, 3.8) is 0 Å². The van der Waals surface area contributed by atoms with Crippen molar-refractivity contribution in [1.82, 2.24) is 0 Å². The van der Waals surface area contributed by atoms with Gasteiger partial charge in [-0.1, -0.05) is 130 Å². The van der Waals surface area contributed by atoms with Gasteiger partial charge in [0, 0.05) is 0 Å². The van der Waals surface area contributed by atoms with Gasteiger partial charge in [0.1, 0.15) is 0 Å². The van der Waals surface area contributed by atoms with Crippen LogP contribution in [0.4, 0.5) is 0 Å². The smallest absolute Gasteiger partial charge is 0.335 e. The molecule has 224 valence electrons. The molecule has 1 aliphatic carbocycles. The minimum absolute atomic E-state index is 0.438. The van der Waals surface area contributed by atoms with Gasteiger partial charge >= 0.3 is 5.97 Å². The average molecular weight is 573 g/mol. The molecule has 0 spiro atoms. The molecule has 0 saturated heterocycles. The third-order valence-electron chi connectivity index (χ3n) is 9.60. The SMILES string of the molecule is CCCCCCc1ccc(C2(c3ccc(CCCCCC)c(C(=O)O)c3)c3cc(C)ccc3-c3ccc(C)cc32)cc1C. The maximum atomic E-state index is 12.8. The lowest BCUT2D eigenvalue weighted by Gasteiger charge is -2.35. The molecule has 0 heterocycles. The third-order valence-corrected chi connectivity index (χ3v) is 9.60. The van der Waals surface area contributed by atoms with Crippen LogP contribution in [0.25, 0.3) is 11.1 Å². The first-order chi connectivity index (χ1) is 20.8. The highest BCUT2D eigenvalue weighted by Gasteiger charge is 2.46. The van der Waals surface area contributed by atoms with Crippen LogP contribution in [0.3, 0.4) is 0 Å². The highest BCUT2D eigenvalue weighted by molar-refractivity contribution is 5.91. The molecule has 0 aromatic heterocycles. The minimum Gasteiger partial charge on any atom is -0.478 e. The van der Waals surface area contributed by atoms with Gasteiger partial charge in [-0.15, -0.1) is 0 Å². The van der Waals surface area contributed by atoms with E-state index in [0.717, 1.165) is 36.8 Å². The second-order valence-corrected chi connectivity index (χ2v) is 12.8. The highest BCUT2D eigenvalue weighted by atomic mass is 16.4. The molecule has 0 atom stereocenters. The number of carbonyl (C=O) groups is 1. The fraction of sp³-hybridized carbons (Fsp3) is 0.390. The van der Waals surface area contributed by atoms with Crippen LogP contribution in [-0.2, 0) is 18.3 Å². The van der Waals surface area contributed by atoms with Crippen molar-refractivity contribution in [2.24, 2.45) is 0 Å². The summed E-state index contributed by atoms with van der Waals surface area (Å²) in [6.45, 7) is 11.0. The Morgan fingerprint density at radius 2 is 1.12 bits per heavy atom. The molecule has 0 saturated carbocycles. The Labute approximate surface area is 259 Å². The summed E-state index contributed by atoms with van der Waals surface area (Å²) in [6, 6.07) is 26.9. The number of unbranched alkanes of at least 4 members (excludes halogenated alkanes) is 6. The Bertz CT molecular complexity index is 1560. The summed E-state index contributed by atoms with van der Waals surface area (Å²) in [6.07, 6.45) is 11.4. The van der Waals surface area contributed by atoms with Crippen LogP contribution in [0.1, 0.15) is 126 Å². The van der Waals surface area contributed by atoms with Gasteiger partial charge in [-0.3, -0.25) is 0 Å². The largest absolute Gasteiger partial charge is 0.478 e. The molecule has 4 aromatic rings. The molecule has 0 unspecified atom stereocenters. The fourth-order valence-corrected chi connectivity index (χ4v) is 7.26. The van der Waals surface area contributed by atoms with E-state index in [4.69, 9.17) is 0 Å². The Morgan fingerprint density at radius 3 is 1.63 bits per heavy atom. The first kappa shape index (κ1) is 30.8. The monoisotopic (exact) mass is 572 g/mol. The molecule has 4 aromatic carbocycles. The molecular weight excluding hydrogens is 524 g/mol. The second kappa shape index (κ2) is 13.3. The van der Waals surface area contributed by atoms with E-state index in [-0.39, 0.29) is 0 Å². The van der Waals surface area contributed by atoms with Gasteiger partial charge in [-0.05, 0) is 103 Å². The summed E-state index contributed by atoms with van der Waals surface area (Å²) in [4.78, 5) is 12.8. The molecule has 1 aliphatic rings. The number of rotatable bonds is 13. The number of fused-ring (bicyclic) bond motifs is 3. The normalized spacial score (nSPS) is 13.1. The first-order valence-electron chi connectivity index (χ1n) is 16.5. The van der Waals surface area contributed by atoms with E-state index >= 15 is 0 Å². The van der Waals surface area contributed by atoms with Gasteiger partial charge in [-0.25, -0.2) is 4.79 Å². The van der Waals surface area contributed by atoms with E-state index in [2.05, 4.69) is 101 Å². The topological polar surface area (TPSA) is 37.3 Å². The Kier molecular flexibility index (Phi) is 9.55. The standard InChI is InChI=1S/C41H48O2/c1-6-8-10-12-14-31-18-20-33(26-30(31)5)41(34-21-19-32(15-13-11-9-7-2)37(27-34)40(42)43)38-24-28(3)16-22-35(38)36-23-17-29(4)25-39(36)41/h16-27H,6-15H2,1-5H3,(H,42,43). The summed E-state index contributed by atoms with van der Waals surface area (Å²) in [7, 11) is 0. The number of carboxylic acids is 1. The number of benzene rings is 4. The highest BCUT2D eigenvalue weighted by Crippen LogP contribution is 2.57. The van der Waals surface area contributed by atoms with Crippen molar-refractivity contribution in [1.29, 1.82) is 0 Å². The summed E-state index contributed by atoms with van der Waals surface area (Å²) < 4.78 is 0. The van der Waals surface area contributed by atoms with Gasteiger partial charge in [0.05, 0.1) is 11.0 Å². The molecule has 2 nitrogen and oxygen atoms in total. The van der Waals surface area contributed by atoms with Crippen LogP contribution < -0.4 is 0 Å². The van der Waals surface area contributed by atoms with Crippen molar-refractivity contribution < 1.29 is 9.90 Å². The molecule has 0 aliphatic heterocycles. The summed E-state index contributed by atoms with van der Waals surface area (Å²) in [5.74, 6) is -0.840. The van der Waals surface area contributed by atoms with Crippen LogP contribution >= 0.6 is 0 Å². The maximum Gasteiger partial charge on any atom is 0.335 e. The summed E-state index contributed by atoms with van der Waals surface area (Å²) in [5, 5.41) is 10.5. The number of hydrogen-bond acceptors (Lipinski definition) is 1. The lowest BCUT2D eigenvalue weighted by Crippen LogP contribution is -2.29. The van der Waals surface area contributed by atoms with Crippen molar-refractivity contribution in [2.45, 2.75) is 104 Å². The predicted molar refractivity (Wildman–Crippen MR) is 181 cm³/mol. The van der Waals surface area contributed by atoms with E-state index in [1.807, 2.05) is 6.07 Å². The molecule has 0 radical (unpaired) electrons. The molecule has 0 amide bonds. The summed E-state index contributed by atoms with van der Waals surface area (Å²) >= 11 is 0. The number of carboxylic acid groups (broad SMARTS) is 1. The van der Waals surface area contributed by atoms with Crippen molar-refractivity contribution in [2.75, 3.05) is 0 Å². The molecule has 43 heavy (non-hydrogen) atoms. The van der Waals surface area contributed by atoms with Crippen LogP contribution in [0.5, 0.6) is 0 Å². The van der Waals surface area contributed by atoms with Gasteiger partial charge in [0.2, 0.25) is 0 Å². The average Bonchev–Trinajstić information content (AvgIpc) is 3.27. The summed E-state index contributed by atoms with van der Waals surface area (Å²) in [5.41, 5.74) is 13.1. The van der Waals surface area contributed by atoms with Crippen LogP contribution in [-0.4, -0.2) is 11.1 Å². The fourth-order valence-electron chi connectivity index (χ4n) is 7.26. The lowest BCUT2D eigenvalue weighted by molar-refractivity contribution is 0.0695. The van der Waals surface area contributed by atoms with Gasteiger partial charge in [0.15, 0.2) is 0 Å². The number of aryl methyl sites for hydroxylation is 5. The van der Waals surface area contributed by atoms with Crippen molar-refractivity contribution in [3.05, 3.63) is 128 Å². The van der Waals surface area contributed by atoms with E-state index in [1.54, 1.807) is 0 Å². The van der Waals surface area contributed by atoms with Crippen molar-refractivity contribution >= 4 is 5.97 Å². The van der Waals surface area contributed by atoms with Gasteiger partial charge < -0.3 is 5.11 Å². The first-order valence-corrected chi connectivity index (χ1v) is 16.5.